The van der Waals surface area contributed by atoms with E-state index in [4.69, 9.17) is 0 Å². The van der Waals surface area contributed by atoms with Gasteiger partial charge in [-0.2, -0.15) is 0 Å². The molecule has 4 nitrogen and oxygen atoms in total. The van der Waals surface area contributed by atoms with Crippen molar-refractivity contribution in [1.29, 1.82) is 0 Å². The van der Waals surface area contributed by atoms with Crippen LogP contribution in [0.5, 0.6) is 0 Å². The summed E-state index contributed by atoms with van der Waals surface area (Å²) >= 11 is 0. The Morgan fingerprint density at radius 3 is 1.44 bits per heavy atom. The Morgan fingerprint density at radius 1 is 0.760 bits per heavy atom. The summed E-state index contributed by atoms with van der Waals surface area (Å²) in [4.78, 5) is 27.1. The van der Waals surface area contributed by atoms with E-state index in [0.29, 0.717) is 12.8 Å². The van der Waals surface area contributed by atoms with Crippen molar-refractivity contribution >= 4 is 11.8 Å². The van der Waals surface area contributed by atoms with Gasteiger partial charge in [-0.25, -0.2) is 10.0 Å². The van der Waals surface area contributed by atoms with Crippen LogP contribution in [-0.4, -0.2) is 33.9 Å². The smallest absolute Gasteiger partial charge is 0.257 e. The zero-order valence-electron chi connectivity index (χ0n) is 15.4. The number of carbonyl (C=O) groups excluding carboxylic acids is 2. The van der Waals surface area contributed by atoms with E-state index in [2.05, 4.69) is 13.2 Å². The van der Waals surface area contributed by atoms with E-state index in [1.807, 2.05) is 10.0 Å². The van der Waals surface area contributed by atoms with Crippen molar-refractivity contribution < 1.29 is 9.59 Å². The second kappa shape index (κ2) is 7.76. The molecule has 0 atom stereocenters. The number of amides is 2. The van der Waals surface area contributed by atoms with Gasteiger partial charge in [0.2, 0.25) is 0 Å². The van der Waals surface area contributed by atoms with Crippen LogP contribution >= 0.6 is 0 Å². The molecular formula is C21H32N2O2. The van der Waals surface area contributed by atoms with Crippen LogP contribution in [0.2, 0.25) is 0 Å². The molecule has 25 heavy (non-hydrogen) atoms. The average molecular weight is 344 g/mol. The zero-order valence-corrected chi connectivity index (χ0v) is 15.4. The van der Waals surface area contributed by atoms with Crippen LogP contribution in [0.3, 0.4) is 0 Å². The second-order valence-electron chi connectivity index (χ2n) is 7.95. The van der Waals surface area contributed by atoms with Crippen LogP contribution in [0.1, 0.15) is 77.0 Å². The number of nitrogens with zero attached hydrogens (tertiary/aromatic N) is 2. The molecule has 4 heteroatoms. The van der Waals surface area contributed by atoms with Crippen molar-refractivity contribution in [2.45, 2.75) is 89.1 Å². The van der Waals surface area contributed by atoms with Crippen molar-refractivity contribution in [3.63, 3.8) is 0 Å². The predicted octanol–water partition coefficient (Wildman–Crippen LogP) is 4.38. The molecule has 2 amide bonds. The normalized spacial score (nSPS) is 25.4. The van der Waals surface area contributed by atoms with Gasteiger partial charge in [0.1, 0.15) is 5.41 Å². The first-order chi connectivity index (χ1) is 12.2. The first kappa shape index (κ1) is 18.2. The van der Waals surface area contributed by atoms with Crippen molar-refractivity contribution in [3.8, 4) is 0 Å². The van der Waals surface area contributed by atoms with Crippen molar-refractivity contribution in [3.05, 3.63) is 25.3 Å². The van der Waals surface area contributed by atoms with Gasteiger partial charge in [0.25, 0.3) is 11.8 Å². The van der Waals surface area contributed by atoms with Crippen LogP contribution in [0, 0.1) is 5.41 Å². The van der Waals surface area contributed by atoms with Gasteiger partial charge in [-0.15, -0.1) is 13.2 Å². The van der Waals surface area contributed by atoms with Crippen LogP contribution in [-0.2, 0) is 9.59 Å². The first-order valence-corrected chi connectivity index (χ1v) is 10.0. The summed E-state index contributed by atoms with van der Waals surface area (Å²) in [7, 11) is 0. The highest BCUT2D eigenvalue weighted by molar-refractivity contribution is 6.10. The van der Waals surface area contributed by atoms with E-state index in [9.17, 15) is 9.59 Å². The lowest BCUT2D eigenvalue weighted by atomic mass is 9.79. The highest BCUT2D eigenvalue weighted by Crippen LogP contribution is 2.44. The molecule has 0 aromatic heterocycles. The fraction of sp³-hybridized carbons (Fsp3) is 0.714. The largest absolute Gasteiger partial charge is 0.272 e. The molecule has 138 valence electrons. The number of carbonyl (C=O) groups is 2. The zero-order chi connectivity index (χ0) is 17.9. The van der Waals surface area contributed by atoms with Gasteiger partial charge in [0.05, 0.1) is 12.1 Å². The number of hydrazine groups is 1. The topological polar surface area (TPSA) is 40.6 Å². The molecule has 1 aliphatic heterocycles. The van der Waals surface area contributed by atoms with Gasteiger partial charge in [0, 0.05) is 0 Å². The minimum Gasteiger partial charge on any atom is -0.272 e. The summed E-state index contributed by atoms with van der Waals surface area (Å²) in [6, 6.07) is 0.368. The van der Waals surface area contributed by atoms with E-state index < -0.39 is 5.41 Å². The van der Waals surface area contributed by atoms with Crippen molar-refractivity contribution in [2.24, 2.45) is 5.41 Å². The van der Waals surface area contributed by atoms with E-state index in [1.54, 1.807) is 12.2 Å². The quantitative estimate of drug-likeness (QED) is 0.530. The van der Waals surface area contributed by atoms with Gasteiger partial charge < -0.3 is 0 Å². The molecule has 2 aliphatic carbocycles. The lowest BCUT2D eigenvalue weighted by Crippen LogP contribution is -2.53. The SMILES string of the molecule is C=CCC1(CC=C)C(=O)N(C2CCCCC2)N(C2CCCCC2)C1=O. The highest BCUT2D eigenvalue weighted by atomic mass is 16.2. The summed E-state index contributed by atoms with van der Waals surface area (Å²) in [5.74, 6) is -0.00968. The molecule has 2 saturated carbocycles. The Labute approximate surface area is 151 Å². The van der Waals surface area contributed by atoms with Crippen LogP contribution in [0.25, 0.3) is 0 Å². The van der Waals surface area contributed by atoms with E-state index in [1.165, 1.54) is 12.8 Å². The van der Waals surface area contributed by atoms with E-state index in [0.717, 1.165) is 51.4 Å². The maximum absolute atomic E-state index is 13.5. The Morgan fingerprint density at radius 2 is 1.12 bits per heavy atom. The standard InChI is InChI=1S/C21H32N2O2/c1-3-15-21(16-4-2)19(24)22(17-11-7-5-8-12-17)23(20(21)25)18-13-9-6-10-14-18/h3-4,17-18H,1-2,5-16H2. The minimum atomic E-state index is -1.00. The number of hydrogen-bond donors (Lipinski definition) is 0. The third kappa shape index (κ3) is 3.16. The maximum Gasteiger partial charge on any atom is 0.257 e. The fourth-order valence-corrected chi connectivity index (χ4v) is 4.99. The molecule has 0 radical (unpaired) electrons. The second-order valence-corrected chi connectivity index (χ2v) is 7.95. The van der Waals surface area contributed by atoms with Gasteiger partial charge >= 0.3 is 0 Å². The van der Waals surface area contributed by atoms with Crippen LogP contribution < -0.4 is 0 Å². The minimum absolute atomic E-state index is 0.00484. The van der Waals surface area contributed by atoms with Crippen LogP contribution in [0.15, 0.2) is 25.3 Å². The molecule has 0 spiro atoms. The summed E-state index contributed by atoms with van der Waals surface area (Å²) in [5, 5.41) is 3.79. The molecule has 0 bridgehead atoms. The van der Waals surface area contributed by atoms with E-state index >= 15 is 0 Å². The average Bonchev–Trinajstić information content (AvgIpc) is 2.86. The maximum atomic E-state index is 13.5. The monoisotopic (exact) mass is 344 g/mol. The molecule has 0 unspecified atom stereocenters. The molecule has 3 aliphatic rings. The fourth-order valence-electron chi connectivity index (χ4n) is 4.99. The Balaban J connectivity index is 1.98. The highest BCUT2D eigenvalue weighted by Gasteiger charge is 2.59. The summed E-state index contributed by atoms with van der Waals surface area (Å²) in [6.07, 6.45) is 15.4. The number of rotatable bonds is 6. The summed E-state index contributed by atoms with van der Waals surface area (Å²) < 4.78 is 0. The Hall–Kier alpha value is -1.58. The molecular weight excluding hydrogens is 312 g/mol. The molecule has 3 fully saturated rings. The van der Waals surface area contributed by atoms with Gasteiger partial charge in [-0.1, -0.05) is 50.7 Å². The summed E-state index contributed by atoms with van der Waals surface area (Å²) in [5.41, 5.74) is -1.00. The van der Waals surface area contributed by atoms with E-state index in [-0.39, 0.29) is 23.9 Å². The summed E-state index contributed by atoms with van der Waals surface area (Å²) in [6.45, 7) is 7.64. The predicted molar refractivity (Wildman–Crippen MR) is 99.5 cm³/mol. The molecule has 0 aromatic carbocycles. The van der Waals surface area contributed by atoms with Crippen molar-refractivity contribution in [2.75, 3.05) is 0 Å². The molecule has 1 saturated heterocycles. The molecule has 0 aromatic rings. The molecule has 0 N–H and O–H groups in total. The Kier molecular flexibility index (Phi) is 5.65. The van der Waals surface area contributed by atoms with Crippen molar-refractivity contribution in [1.82, 2.24) is 10.0 Å². The Bertz CT molecular complexity index is 482. The first-order valence-electron chi connectivity index (χ1n) is 10.0. The van der Waals surface area contributed by atoms with Gasteiger partial charge in [-0.05, 0) is 38.5 Å². The molecule has 3 rings (SSSR count). The lowest BCUT2D eigenvalue weighted by Gasteiger charge is -2.42. The van der Waals surface area contributed by atoms with Crippen LogP contribution in [0.4, 0.5) is 0 Å². The van der Waals surface area contributed by atoms with Gasteiger partial charge in [0.15, 0.2) is 0 Å². The number of allylic oxidation sites excluding steroid dienone is 2. The molecule has 1 heterocycles. The lowest BCUT2D eigenvalue weighted by molar-refractivity contribution is -0.160. The third-order valence-electron chi connectivity index (χ3n) is 6.29. The van der Waals surface area contributed by atoms with Gasteiger partial charge in [-0.3, -0.25) is 9.59 Å². The number of hydrogen-bond acceptors (Lipinski definition) is 2. The third-order valence-corrected chi connectivity index (χ3v) is 6.29.